The van der Waals surface area contributed by atoms with Crippen molar-refractivity contribution in [1.82, 2.24) is 29.6 Å². The standard InChI is InChI=1S/C26H33N11O8S2/c1-26(2,24(43)44)45-33-14(18-32-25(28)47-34-18)20(39)31-15-21(40)37-16(23(41)42)12(10-46-22(15)37)8-36-9-13(17(27)35(36)3)30-19(38)11-4-6-29-7-5-11/h9,11,15,22,27,29H,4-8,10H2,1-3H3,(H6,28,30,31,32,34,38,39,41,42,43,44)/b33-14-/t15-,22-/m1/s1. The Kier molecular flexibility index (Phi) is 9.41. The van der Waals surface area contributed by atoms with E-state index in [-0.39, 0.29) is 46.6 Å². The Hall–Kier alpha value is -4.76. The maximum Gasteiger partial charge on any atom is 0.350 e. The van der Waals surface area contributed by atoms with Gasteiger partial charge in [0.2, 0.25) is 29.2 Å². The lowest BCUT2D eigenvalue weighted by Gasteiger charge is -2.50. The Morgan fingerprint density at radius 1 is 1.28 bits per heavy atom. The van der Waals surface area contributed by atoms with Gasteiger partial charge in [-0.2, -0.15) is 9.36 Å². The minimum absolute atomic E-state index is 0.00267. The largest absolute Gasteiger partial charge is 0.543 e. The SMILES string of the molecule is Cn1c(N)c(NC(=O)C2CCNCC2)c[n+]1CC1=C(C(=O)[O-])N2C(=O)[C@@H](NC(=O)/C(=N\OC(C)(C)C(=O)O)c3nsc(N)n3)[C@H]2SC1. The Morgan fingerprint density at radius 2 is 1.98 bits per heavy atom. The van der Waals surface area contributed by atoms with Crippen molar-refractivity contribution in [1.29, 1.82) is 0 Å². The van der Waals surface area contributed by atoms with Crippen molar-refractivity contribution in [3.63, 3.8) is 0 Å². The first-order valence-corrected chi connectivity index (χ1v) is 16.2. The zero-order valence-corrected chi connectivity index (χ0v) is 27.1. The van der Waals surface area contributed by atoms with Gasteiger partial charge in [0.05, 0.1) is 18.7 Å². The number of hydrogen-bond acceptors (Lipinski definition) is 15. The number of nitrogens with two attached hydrogens (primary N) is 2. The third kappa shape index (κ3) is 6.72. The molecule has 2 atom stereocenters. The van der Waals surface area contributed by atoms with E-state index in [0.29, 0.717) is 24.1 Å². The summed E-state index contributed by atoms with van der Waals surface area (Å²) in [4.78, 5) is 73.2. The summed E-state index contributed by atoms with van der Waals surface area (Å²) in [6.07, 6.45) is 3.00. The summed E-state index contributed by atoms with van der Waals surface area (Å²) in [5.74, 6) is -4.79. The number of fused-ring (bicyclic) bond motifs is 1. The van der Waals surface area contributed by atoms with E-state index in [2.05, 4.69) is 30.5 Å². The number of aliphatic carboxylic acids is 2. The zero-order valence-electron chi connectivity index (χ0n) is 25.5. The van der Waals surface area contributed by atoms with Gasteiger partial charge in [-0.3, -0.25) is 19.3 Å². The Morgan fingerprint density at radius 3 is 2.60 bits per heavy atom. The molecule has 5 rings (SSSR count). The van der Waals surface area contributed by atoms with Gasteiger partial charge in [0.1, 0.15) is 11.4 Å². The molecule has 2 aromatic heterocycles. The molecule has 5 heterocycles. The van der Waals surface area contributed by atoms with Crippen LogP contribution in [0.25, 0.3) is 0 Å². The van der Waals surface area contributed by atoms with Crippen molar-refractivity contribution in [3.8, 4) is 0 Å². The highest BCUT2D eigenvalue weighted by atomic mass is 32.2. The molecule has 2 aromatic rings. The van der Waals surface area contributed by atoms with Crippen LogP contribution in [0.1, 0.15) is 32.5 Å². The van der Waals surface area contributed by atoms with Crippen LogP contribution in [0, 0.1) is 5.92 Å². The molecule has 3 amide bonds. The topological polar surface area (TPSA) is 276 Å². The molecule has 252 valence electrons. The molecule has 0 aromatic carbocycles. The summed E-state index contributed by atoms with van der Waals surface area (Å²) in [5.41, 5.74) is 9.92. The van der Waals surface area contributed by atoms with E-state index in [0.717, 1.165) is 29.5 Å². The molecule has 0 saturated carbocycles. The number of hydrogen-bond donors (Lipinski definition) is 6. The molecule has 0 unspecified atom stereocenters. The lowest BCUT2D eigenvalue weighted by atomic mass is 9.97. The summed E-state index contributed by atoms with van der Waals surface area (Å²) in [7, 11) is 1.65. The molecule has 3 aliphatic heterocycles. The number of nitrogens with one attached hydrogen (secondary N) is 3. The van der Waals surface area contributed by atoms with E-state index in [1.807, 2.05) is 0 Å². The third-order valence-electron chi connectivity index (χ3n) is 7.88. The summed E-state index contributed by atoms with van der Waals surface area (Å²) >= 11 is 1.96. The number of oxime groups is 1. The number of nitrogens with zero attached hydrogens (tertiary/aromatic N) is 6. The summed E-state index contributed by atoms with van der Waals surface area (Å²) in [6.45, 7) is 3.92. The van der Waals surface area contributed by atoms with Gasteiger partial charge in [0, 0.05) is 28.8 Å². The van der Waals surface area contributed by atoms with Gasteiger partial charge in [0.25, 0.3) is 11.8 Å². The number of rotatable bonds is 11. The first-order valence-electron chi connectivity index (χ1n) is 14.3. The molecule has 8 N–H and O–H groups in total. The van der Waals surface area contributed by atoms with Gasteiger partial charge in [-0.25, -0.2) is 4.79 Å². The fraction of sp³-hybridized carbons (Fsp3) is 0.500. The van der Waals surface area contributed by atoms with E-state index in [9.17, 15) is 34.2 Å². The van der Waals surface area contributed by atoms with Crippen LogP contribution in [0.3, 0.4) is 0 Å². The number of β-lactam (4-membered cyclic amide) rings is 1. The molecular weight excluding hydrogens is 658 g/mol. The molecule has 19 nitrogen and oxygen atoms in total. The second-order valence-corrected chi connectivity index (χ2v) is 13.4. The number of piperidine rings is 1. The second-order valence-electron chi connectivity index (χ2n) is 11.5. The molecule has 0 bridgehead atoms. The van der Waals surface area contributed by atoms with Crippen LogP contribution in [0.5, 0.6) is 0 Å². The summed E-state index contributed by atoms with van der Waals surface area (Å²) in [6, 6.07) is -1.17. The zero-order chi connectivity index (χ0) is 34.2. The van der Waals surface area contributed by atoms with Crippen molar-refractivity contribution in [3.05, 3.63) is 23.3 Å². The normalized spacial score (nSPS) is 20.4. The highest BCUT2D eigenvalue weighted by Crippen LogP contribution is 2.40. The minimum atomic E-state index is -1.82. The quantitative estimate of drug-likeness (QED) is 0.0592. The predicted octanol–water partition coefficient (Wildman–Crippen LogP) is -3.05. The van der Waals surface area contributed by atoms with Crippen LogP contribution in [-0.2, 0) is 42.4 Å². The molecule has 2 saturated heterocycles. The first kappa shape index (κ1) is 33.6. The second kappa shape index (κ2) is 13.2. The number of aromatic nitrogens is 4. The van der Waals surface area contributed by atoms with Crippen LogP contribution in [0.4, 0.5) is 16.6 Å². The monoisotopic (exact) mass is 691 g/mol. The Labute approximate surface area is 275 Å². The predicted molar refractivity (Wildman–Crippen MR) is 165 cm³/mol. The van der Waals surface area contributed by atoms with Crippen LogP contribution in [0.15, 0.2) is 22.6 Å². The highest BCUT2D eigenvalue weighted by Gasteiger charge is 2.53. The van der Waals surface area contributed by atoms with Gasteiger partial charge >= 0.3 is 5.97 Å². The summed E-state index contributed by atoms with van der Waals surface area (Å²) in [5, 5.41) is 33.1. The van der Waals surface area contributed by atoms with Gasteiger partial charge in [0.15, 0.2) is 23.2 Å². The van der Waals surface area contributed by atoms with Crippen LogP contribution < -0.4 is 37.2 Å². The van der Waals surface area contributed by atoms with Crippen molar-refractivity contribution in [2.75, 3.05) is 35.6 Å². The molecular formula is C26H33N11O8S2. The van der Waals surface area contributed by atoms with Crippen LogP contribution in [0.2, 0.25) is 0 Å². The number of anilines is 3. The number of carbonyl (C=O) groups excluding carboxylic acids is 4. The number of carbonyl (C=O) groups is 5. The van der Waals surface area contributed by atoms with E-state index in [1.165, 1.54) is 25.6 Å². The van der Waals surface area contributed by atoms with Gasteiger partial charge in [-0.1, -0.05) is 5.16 Å². The molecule has 3 aliphatic rings. The number of carboxylic acid groups (broad SMARTS) is 2. The highest BCUT2D eigenvalue weighted by molar-refractivity contribution is 8.00. The van der Waals surface area contributed by atoms with E-state index < -0.39 is 46.5 Å². The average Bonchev–Trinajstić information content (AvgIpc) is 3.57. The van der Waals surface area contributed by atoms with Crippen molar-refractivity contribution >= 4 is 75.3 Å². The molecule has 21 heteroatoms. The lowest BCUT2D eigenvalue weighted by molar-refractivity contribution is -0.765. The first-order chi connectivity index (χ1) is 22.2. The van der Waals surface area contributed by atoms with Crippen molar-refractivity contribution < 1.29 is 43.7 Å². The maximum atomic E-state index is 13.3. The van der Waals surface area contributed by atoms with E-state index in [4.69, 9.17) is 16.3 Å². The lowest BCUT2D eigenvalue weighted by Crippen LogP contribution is -2.71. The van der Waals surface area contributed by atoms with Crippen LogP contribution >= 0.6 is 23.3 Å². The van der Waals surface area contributed by atoms with Crippen LogP contribution in [-0.4, -0.2) is 95.3 Å². The fourth-order valence-electron chi connectivity index (χ4n) is 5.09. The molecule has 2 fully saturated rings. The van der Waals surface area contributed by atoms with Crippen molar-refractivity contribution in [2.24, 2.45) is 18.1 Å². The van der Waals surface area contributed by atoms with E-state index in [1.54, 1.807) is 22.6 Å². The Balaban J connectivity index is 1.33. The summed E-state index contributed by atoms with van der Waals surface area (Å²) < 4.78 is 7.10. The third-order valence-corrected chi connectivity index (χ3v) is 9.77. The van der Waals surface area contributed by atoms with E-state index >= 15 is 0 Å². The fourth-order valence-corrected chi connectivity index (χ4v) is 6.86. The van der Waals surface area contributed by atoms with Gasteiger partial charge < -0.3 is 47.3 Å². The minimum Gasteiger partial charge on any atom is -0.543 e. The number of thioether (sulfide) groups is 1. The number of amides is 3. The number of nitrogen functional groups attached to an aromatic ring is 2. The average molecular weight is 692 g/mol. The molecule has 0 radical (unpaired) electrons. The molecule has 47 heavy (non-hydrogen) atoms. The van der Waals surface area contributed by atoms with Gasteiger partial charge in [-0.15, -0.1) is 21.1 Å². The molecule has 0 aliphatic carbocycles. The smallest absolute Gasteiger partial charge is 0.350 e. The van der Waals surface area contributed by atoms with Gasteiger partial charge in [-0.05, 0) is 39.8 Å². The van der Waals surface area contributed by atoms with Crippen molar-refractivity contribution in [2.45, 2.75) is 50.3 Å². The molecule has 0 spiro atoms. The Bertz CT molecular complexity index is 1690. The maximum absolute atomic E-state index is 13.3. The number of carboxylic acids is 2.